The van der Waals surface area contributed by atoms with Crippen LogP contribution in [0.1, 0.15) is 34.7 Å². The first kappa shape index (κ1) is 16.3. The number of ether oxygens (including phenoxy) is 2. The first-order valence-corrected chi connectivity index (χ1v) is 7.96. The van der Waals surface area contributed by atoms with Crippen LogP contribution in [0.15, 0.2) is 22.9 Å². The number of likely N-dealkylation sites (tertiary alicyclic amines) is 1. The number of methoxy groups -OCH3 is 1. The Hall–Kier alpha value is -2.57. The van der Waals surface area contributed by atoms with E-state index < -0.39 is 0 Å². The molecule has 0 aromatic carbocycles. The summed E-state index contributed by atoms with van der Waals surface area (Å²) < 4.78 is 16.2. The first-order chi connectivity index (χ1) is 11.6. The van der Waals surface area contributed by atoms with Crippen LogP contribution in [0.4, 0.5) is 0 Å². The van der Waals surface area contributed by atoms with Crippen molar-refractivity contribution in [2.75, 3.05) is 20.2 Å². The Bertz CT molecular complexity index is 703. The lowest BCUT2D eigenvalue weighted by atomic mass is 10.1. The van der Waals surface area contributed by atoms with E-state index >= 15 is 0 Å². The molecule has 1 aliphatic heterocycles. The Balaban J connectivity index is 1.55. The number of aromatic nitrogens is 2. The highest BCUT2D eigenvalue weighted by Gasteiger charge is 2.27. The molecule has 1 aliphatic rings. The Labute approximate surface area is 140 Å². The average Bonchev–Trinajstić information content (AvgIpc) is 2.94. The molecular weight excluding hydrogens is 310 g/mol. The molecule has 2 aromatic heterocycles. The van der Waals surface area contributed by atoms with Crippen LogP contribution >= 0.6 is 0 Å². The minimum absolute atomic E-state index is 0.00891. The van der Waals surface area contributed by atoms with Gasteiger partial charge in [-0.25, -0.2) is 0 Å². The number of hydrogen-bond donors (Lipinski definition) is 0. The third kappa shape index (κ3) is 3.50. The van der Waals surface area contributed by atoms with E-state index in [0.29, 0.717) is 36.2 Å². The topological polar surface area (TPSA) is 77.7 Å². The molecule has 1 amide bonds. The summed E-state index contributed by atoms with van der Waals surface area (Å²) >= 11 is 0. The van der Waals surface area contributed by atoms with Crippen molar-refractivity contribution in [1.82, 2.24) is 14.9 Å². The molecule has 7 heteroatoms. The van der Waals surface area contributed by atoms with Gasteiger partial charge in [-0.05, 0) is 19.9 Å². The molecule has 0 bridgehead atoms. The lowest BCUT2D eigenvalue weighted by molar-refractivity contribution is 0.0577. The smallest absolute Gasteiger partial charge is 0.316 e. The molecule has 0 unspecified atom stereocenters. The molecule has 24 heavy (non-hydrogen) atoms. The Morgan fingerprint density at radius 1 is 1.25 bits per heavy atom. The Morgan fingerprint density at radius 3 is 2.46 bits per heavy atom. The molecule has 0 N–H and O–H groups in total. The predicted molar refractivity (Wildman–Crippen MR) is 86.3 cm³/mol. The average molecular weight is 331 g/mol. The van der Waals surface area contributed by atoms with E-state index in [-0.39, 0.29) is 12.0 Å². The number of furan rings is 1. The van der Waals surface area contributed by atoms with Crippen LogP contribution in [-0.4, -0.2) is 47.1 Å². The van der Waals surface area contributed by atoms with Crippen LogP contribution in [0.25, 0.3) is 0 Å². The fourth-order valence-corrected chi connectivity index (χ4v) is 2.81. The minimum atomic E-state index is 0.00891. The minimum Gasteiger partial charge on any atom is -0.494 e. The second-order valence-corrected chi connectivity index (χ2v) is 5.84. The van der Waals surface area contributed by atoms with Crippen LogP contribution in [-0.2, 0) is 0 Å². The van der Waals surface area contributed by atoms with Gasteiger partial charge in [0, 0.05) is 25.9 Å². The van der Waals surface area contributed by atoms with Crippen molar-refractivity contribution in [3.63, 3.8) is 0 Å². The van der Waals surface area contributed by atoms with Crippen molar-refractivity contribution in [1.29, 1.82) is 0 Å². The number of carbonyl (C=O) groups excluding carboxylic acids is 1. The number of aryl methyl sites for hydroxylation is 2. The van der Waals surface area contributed by atoms with E-state index in [9.17, 15) is 4.79 Å². The summed E-state index contributed by atoms with van der Waals surface area (Å²) in [6, 6.07) is 2.13. The van der Waals surface area contributed by atoms with E-state index in [2.05, 4.69) is 9.97 Å². The van der Waals surface area contributed by atoms with Gasteiger partial charge in [-0.2, -0.15) is 9.97 Å². The van der Waals surface area contributed by atoms with E-state index in [1.807, 2.05) is 18.7 Å². The molecule has 3 rings (SSSR count). The standard InChI is InChI=1S/C17H21N3O4/c1-11-8-15(12(2)23-11)16(21)20-6-4-13(5-7-20)24-17-18-9-14(22-3)10-19-17/h8-10,13H,4-7H2,1-3H3. The normalized spacial score (nSPS) is 15.4. The zero-order valence-corrected chi connectivity index (χ0v) is 14.1. The molecule has 0 atom stereocenters. The zero-order chi connectivity index (χ0) is 17.1. The van der Waals surface area contributed by atoms with E-state index in [1.54, 1.807) is 25.6 Å². The van der Waals surface area contributed by atoms with Gasteiger partial charge in [-0.15, -0.1) is 0 Å². The zero-order valence-electron chi connectivity index (χ0n) is 14.1. The highest BCUT2D eigenvalue weighted by atomic mass is 16.5. The van der Waals surface area contributed by atoms with Crippen LogP contribution in [0.2, 0.25) is 0 Å². The molecule has 3 heterocycles. The molecule has 0 saturated carbocycles. The van der Waals surface area contributed by atoms with Gasteiger partial charge in [0.15, 0.2) is 5.75 Å². The third-order valence-electron chi connectivity index (χ3n) is 4.11. The van der Waals surface area contributed by atoms with Crippen molar-refractivity contribution in [2.45, 2.75) is 32.8 Å². The number of amides is 1. The molecule has 0 aliphatic carbocycles. The number of rotatable bonds is 4. The second kappa shape index (κ2) is 6.90. The lowest BCUT2D eigenvalue weighted by Gasteiger charge is -2.31. The second-order valence-electron chi connectivity index (χ2n) is 5.84. The largest absolute Gasteiger partial charge is 0.494 e. The molecule has 0 radical (unpaired) electrons. The maximum absolute atomic E-state index is 12.6. The maximum atomic E-state index is 12.6. The van der Waals surface area contributed by atoms with Crippen molar-refractivity contribution in [3.05, 3.63) is 35.5 Å². The summed E-state index contributed by atoms with van der Waals surface area (Å²) in [4.78, 5) is 22.6. The summed E-state index contributed by atoms with van der Waals surface area (Å²) in [7, 11) is 1.56. The maximum Gasteiger partial charge on any atom is 0.316 e. The molecule has 1 saturated heterocycles. The monoisotopic (exact) mass is 331 g/mol. The third-order valence-corrected chi connectivity index (χ3v) is 4.11. The van der Waals surface area contributed by atoms with Gasteiger partial charge in [-0.1, -0.05) is 0 Å². The number of piperidine rings is 1. The summed E-state index contributed by atoms with van der Waals surface area (Å²) in [5.41, 5.74) is 0.644. The van der Waals surface area contributed by atoms with Gasteiger partial charge in [0.25, 0.3) is 5.91 Å². The van der Waals surface area contributed by atoms with Crippen LogP contribution in [0.3, 0.4) is 0 Å². The van der Waals surface area contributed by atoms with E-state index in [4.69, 9.17) is 13.9 Å². The van der Waals surface area contributed by atoms with Gasteiger partial charge in [-0.3, -0.25) is 4.79 Å². The highest BCUT2D eigenvalue weighted by Crippen LogP contribution is 2.21. The number of hydrogen-bond acceptors (Lipinski definition) is 6. The SMILES string of the molecule is COc1cnc(OC2CCN(C(=O)c3cc(C)oc3C)CC2)nc1. The molecule has 1 fully saturated rings. The molecule has 2 aromatic rings. The van der Waals surface area contributed by atoms with E-state index in [0.717, 1.165) is 18.6 Å². The van der Waals surface area contributed by atoms with E-state index in [1.165, 1.54) is 0 Å². The van der Waals surface area contributed by atoms with Crippen molar-refractivity contribution in [3.8, 4) is 11.8 Å². The fraction of sp³-hybridized carbons (Fsp3) is 0.471. The molecule has 7 nitrogen and oxygen atoms in total. The number of nitrogens with zero attached hydrogens (tertiary/aromatic N) is 3. The van der Waals surface area contributed by atoms with Gasteiger partial charge < -0.3 is 18.8 Å². The van der Waals surface area contributed by atoms with Gasteiger partial charge >= 0.3 is 6.01 Å². The fourth-order valence-electron chi connectivity index (χ4n) is 2.81. The number of carbonyl (C=O) groups is 1. The van der Waals surface area contributed by atoms with Crippen molar-refractivity contribution >= 4 is 5.91 Å². The quantitative estimate of drug-likeness (QED) is 0.856. The molecule has 0 spiro atoms. The van der Waals surface area contributed by atoms with Crippen molar-refractivity contribution in [2.24, 2.45) is 0 Å². The summed E-state index contributed by atoms with van der Waals surface area (Å²) in [6.07, 6.45) is 4.65. The first-order valence-electron chi connectivity index (χ1n) is 7.96. The predicted octanol–water partition coefficient (Wildman–Crippen LogP) is 2.38. The molecule has 128 valence electrons. The van der Waals surface area contributed by atoms with Crippen LogP contribution in [0.5, 0.6) is 11.8 Å². The van der Waals surface area contributed by atoms with Crippen molar-refractivity contribution < 1.29 is 18.7 Å². The van der Waals surface area contributed by atoms with Gasteiger partial charge in [0.2, 0.25) is 0 Å². The Morgan fingerprint density at radius 2 is 1.92 bits per heavy atom. The lowest BCUT2D eigenvalue weighted by Crippen LogP contribution is -2.42. The van der Waals surface area contributed by atoms with Gasteiger partial charge in [0.1, 0.15) is 17.6 Å². The summed E-state index contributed by atoms with van der Waals surface area (Å²) in [5.74, 6) is 2.03. The summed E-state index contributed by atoms with van der Waals surface area (Å²) in [5, 5.41) is 0. The van der Waals surface area contributed by atoms with Crippen LogP contribution in [0, 0.1) is 13.8 Å². The summed E-state index contributed by atoms with van der Waals surface area (Å²) in [6.45, 7) is 4.95. The van der Waals surface area contributed by atoms with Gasteiger partial charge in [0.05, 0.1) is 25.1 Å². The highest BCUT2D eigenvalue weighted by molar-refractivity contribution is 5.95. The van der Waals surface area contributed by atoms with Crippen LogP contribution < -0.4 is 9.47 Å². The molecular formula is C17H21N3O4. The Kier molecular flexibility index (Phi) is 4.69.